The monoisotopic (exact) mass is 269 g/mol. The van der Waals surface area contributed by atoms with E-state index >= 15 is 0 Å². The van der Waals surface area contributed by atoms with Crippen molar-refractivity contribution in [2.75, 3.05) is 14.2 Å². The summed E-state index contributed by atoms with van der Waals surface area (Å²) in [5.74, 6) is 1.86. The van der Waals surface area contributed by atoms with Crippen LogP contribution in [0.4, 0.5) is 0 Å². The van der Waals surface area contributed by atoms with Crippen molar-refractivity contribution in [1.82, 2.24) is 4.98 Å². The number of rotatable bonds is 4. The van der Waals surface area contributed by atoms with Crippen LogP contribution in [0.1, 0.15) is 5.01 Å². The van der Waals surface area contributed by atoms with Gasteiger partial charge >= 0.3 is 0 Å². The Morgan fingerprint density at radius 1 is 1.29 bits per heavy atom. The molecule has 3 nitrogen and oxygen atoms in total. The normalized spacial score (nSPS) is 10.3. The average molecular weight is 270 g/mol. The third-order valence-electron chi connectivity index (χ3n) is 2.34. The largest absolute Gasteiger partial charge is 0.493 e. The summed E-state index contributed by atoms with van der Waals surface area (Å²) in [6.07, 6.45) is 1.81. The number of para-hydroxylation sites is 1. The number of ether oxygens (including phenoxy) is 2. The first-order chi connectivity index (χ1) is 8.30. The van der Waals surface area contributed by atoms with Crippen molar-refractivity contribution < 1.29 is 9.47 Å². The number of hydrogen-bond donors (Lipinski definition) is 0. The number of hydrogen-bond acceptors (Lipinski definition) is 4. The van der Waals surface area contributed by atoms with Gasteiger partial charge in [-0.3, -0.25) is 0 Å². The van der Waals surface area contributed by atoms with Gasteiger partial charge in [-0.1, -0.05) is 6.07 Å². The van der Waals surface area contributed by atoms with Gasteiger partial charge in [0.05, 0.1) is 25.0 Å². The minimum atomic E-state index is 0.428. The fraction of sp³-hybridized carbons (Fsp3) is 0.250. The predicted octanol–water partition coefficient (Wildman–Crippen LogP) is 3.57. The van der Waals surface area contributed by atoms with E-state index in [0.29, 0.717) is 11.6 Å². The van der Waals surface area contributed by atoms with E-state index in [0.717, 1.165) is 21.2 Å². The quantitative estimate of drug-likeness (QED) is 0.795. The van der Waals surface area contributed by atoms with Crippen LogP contribution in [0, 0.1) is 0 Å². The second-order valence-electron chi connectivity index (χ2n) is 3.29. The molecule has 0 aliphatic rings. The summed E-state index contributed by atoms with van der Waals surface area (Å²) in [5, 5.41) is 0.895. The molecule has 90 valence electrons. The first-order valence-electron chi connectivity index (χ1n) is 5.02. The second kappa shape index (κ2) is 5.38. The lowest BCUT2D eigenvalue weighted by Gasteiger charge is -2.10. The fourth-order valence-corrected chi connectivity index (χ4v) is 2.60. The predicted molar refractivity (Wildman–Crippen MR) is 70.2 cm³/mol. The number of thiazole rings is 1. The summed E-state index contributed by atoms with van der Waals surface area (Å²) in [6, 6.07) is 5.77. The molecule has 0 bridgehead atoms. The highest BCUT2D eigenvalue weighted by Gasteiger charge is 2.13. The molecule has 2 rings (SSSR count). The zero-order chi connectivity index (χ0) is 12.3. The van der Waals surface area contributed by atoms with Crippen LogP contribution in [0.3, 0.4) is 0 Å². The van der Waals surface area contributed by atoms with Crippen LogP contribution in [0.25, 0.3) is 10.4 Å². The fourth-order valence-electron chi connectivity index (χ4n) is 1.58. The van der Waals surface area contributed by atoms with Gasteiger partial charge in [-0.15, -0.1) is 22.9 Å². The number of alkyl halides is 1. The van der Waals surface area contributed by atoms with Crippen molar-refractivity contribution in [3.05, 3.63) is 29.4 Å². The van der Waals surface area contributed by atoms with E-state index in [9.17, 15) is 0 Å². The van der Waals surface area contributed by atoms with Gasteiger partial charge in [0.2, 0.25) is 0 Å². The van der Waals surface area contributed by atoms with Crippen LogP contribution in [-0.4, -0.2) is 19.2 Å². The zero-order valence-electron chi connectivity index (χ0n) is 9.57. The Labute approximate surface area is 109 Å². The maximum atomic E-state index is 5.75. The van der Waals surface area contributed by atoms with Gasteiger partial charge in [0.1, 0.15) is 5.01 Å². The van der Waals surface area contributed by atoms with Gasteiger partial charge < -0.3 is 9.47 Å². The molecule has 0 amide bonds. The highest BCUT2D eigenvalue weighted by atomic mass is 35.5. The van der Waals surface area contributed by atoms with Gasteiger partial charge in [0.25, 0.3) is 0 Å². The Morgan fingerprint density at radius 3 is 2.71 bits per heavy atom. The van der Waals surface area contributed by atoms with Crippen LogP contribution in [0.2, 0.25) is 0 Å². The molecule has 1 aromatic carbocycles. The first kappa shape index (κ1) is 12.2. The summed E-state index contributed by atoms with van der Waals surface area (Å²) in [6.45, 7) is 0. The zero-order valence-corrected chi connectivity index (χ0v) is 11.1. The Bertz CT molecular complexity index is 513. The maximum Gasteiger partial charge on any atom is 0.169 e. The third kappa shape index (κ3) is 2.37. The molecule has 0 unspecified atom stereocenters. The lowest BCUT2D eigenvalue weighted by Crippen LogP contribution is -1.92. The minimum absolute atomic E-state index is 0.428. The van der Waals surface area contributed by atoms with E-state index in [2.05, 4.69) is 4.98 Å². The maximum absolute atomic E-state index is 5.75. The summed E-state index contributed by atoms with van der Waals surface area (Å²) < 4.78 is 10.7. The van der Waals surface area contributed by atoms with Crippen LogP contribution < -0.4 is 9.47 Å². The first-order valence-corrected chi connectivity index (χ1v) is 6.37. The average Bonchev–Trinajstić information content (AvgIpc) is 2.86. The van der Waals surface area contributed by atoms with E-state index in [1.807, 2.05) is 18.2 Å². The van der Waals surface area contributed by atoms with Gasteiger partial charge in [0, 0.05) is 11.8 Å². The van der Waals surface area contributed by atoms with Crippen molar-refractivity contribution in [2.24, 2.45) is 0 Å². The SMILES string of the molecule is COc1cccc(-c2cnc(CCl)s2)c1OC. The van der Waals surface area contributed by atoms with E-state index < -0.39 is 0 Å². The van der Waals surface area contributed by atoms with Crippen molar-refractivity contribution in [3.63, 3.8) is 0 Å². The summed E-state index contributed by atoms with van der Waals surface area (Å²) >= 11 is 7.31. The molecule has 0 saturated heterocycles. The third-order valence-corrected chi connectivity index (χ3v) is 3.78. The topological polar surface area (TPSA) is 31.4 Å². The highest BCUT2D eigenvalue weighted by molar-refractivity contribution is 7.15. The number of benzene rings is 1. The second-order valence-corrected chi connectivity index (χ2v) is 4.68. The Morgan fingerprint density at radius 2 is 2.12 bits per heavy atom. The van der Waals surface area contributed by atoms with E-state index in [1.54, 1.807) is 31.8 Å². The van der Waals surface area contributed by atoms with Crippen LogP contribution in [0.5, 0.6) is 11.5 Å². The van der Waals surface area contributed by atoms with Gasteiger partial charge in [0.15, 0.2) is 11.5 Å². The molecule has 0 N–H and O–H groups in total. The molecule has 0 fully saturated rings. The van der Waals surface area contributed by atoms with E-state index in [1.165, 1.54) is 0 Å². The van der Waals surface area contributed by atoms with Gasteiger partial charge in [-0.05, 0) is 12.1 Å². The lowest BCUT2D eigenvalue weighted by atomic mass is 10.1. The number of halogens is 1. The Kier molecular flexibility index (Phi) is 3.86. The van der Waals surface area contributed by atoms with Gasteiger partial charge in [-0.25, -0.2) is 4.98 Å². The molecule has 0 spiro atoms. The summed E-state index contributed by atoms with van der Waals surface area (Å²) in [4.78, 5) is 5.26. The smallest absolute Gasteiger partial charge is 0.169 e. The summed E-state index contributed by atoms with van der Waals surface area (Å²) in [5.41, 5.74) is 0.973. The number of methoxy groups -OCH3 is 2. The molecule has 0 atom stereocenters. The Balaban J connectivity index is 2.50. The molecular weight excluding hydrogens is 258 g/mol. The molecule has 17 heavy (non-hydrogen) atoms. The van der Waals surface area contributed by atoms with E-state index in [4.69, 9.17) is 21.1 Å². The number of nitrogens with zero attached hydrogens (tertiary/aromatic N) is 1. The van der Waals surface area contributed by atoms with Crippen LogP contribution >= 0.6 is 22.9 Å². The molecule has 0 radical (unpaired) electrons. The molecule has 0 saturated carbocycles. The van der Waals surface area contributed by atoms with Crippen molar-refractivity contribution in [3.8, 4) is 21.9 Å². The molecule has 1 aromatic heterocycles. The number of aromatic nitrogens is 1. The van der Waals surface area contributed by atoms with Crippen LogP contribution in [0.15, 0.2) is 24.4 Å². The van der Waals surface area contributed by atoms with Crippen molar-refractivity contribution in [2.45, 2.75) is 5.88 Å². The molecule has 0 aliphatic carbocycles. The lowest BCUT2D eigenvalue weighted by molar-refractivity contribution is 0.356. The Hall–Kier alpha value is -1.26. The van der Waals surface area contributed by atoms with Crippen molar-refractivity contribution >= 4 is 22.9 Å². The minimum Gasteiger partial charge on any atom is -0.493 e. The highest BCUT2D eigenvalue weighted by Crippen LogP contribution is 2.39. The van der Waals surface area contributed by atoms with Gasteiger partial charge in [-0.2, -0.15) is 0 Å². The standard InChI is InChI=1S/C12H12ClNO2S/c1-15-9-5-3-4-8(12(9)16-2)10-7-14-11(6-13)17-10/h3-5,7H,6H2,1-2H3. The van der Waals surface area contributed by atoms with Crippen molar-refractivity contribution in [1.29, 1.82) is 0 Å². The molecule has 5 heteroatoms. The van der Waals surface area contributed by atoms with Crippen LogP contribution in [-0.2, 0) is 5.88 Å². The molecule has 1 heterocycles. The molecular formula is C12H12ClNO2S. The van der Waals surface area contributed by atoms with E-state index in [-0.39, 0.29) is 0 Å². The molecule has 2 aromatic rings. The molecule has 0 aliphatic heterocycles. The summed E-state index contributed by atoms with van der Waals surface area (Å²) in [7, 11) is 3.25.